The highest BCUT2D eigenvalue weighted by Crippen LogP contribution is 2.39. The van der Waals surface area contributed by atoms with Gasteiger partial charge in [-0.2, -0.15) is 39.5 Å². The Labute approximate surface area is 253 Å². The Bertz CT molecular complexity index is 1210. The fourth-order valence-corrected chi connectivity index (χ4v) is 4.52. The number of carboxylic acid groups (broad SMARTS) is 3. The molecule has 0 aromatic carbocycles. The Morgan fingerprint density at radius 2 is 1.33 bits per heavy atom. The molecule has 1 saturated carbocycles. The average Bonchev–Trinajstić information content (AvgIpc) is 3.38. The lowest BCUT2D eigenvalue weighted by Gasteiger charge is -2.39. The van der Waals surface area contributed by atoms with Gasteiger partial charge in [0, 0.05) is 38.1 Å². The first-order valence-corrected chi connectivity index (χ1v) is 12.8. The van der Waals surface area contributed by atoms with Crippen molar-refractivity contribution in [3.63, 3.8) is 0 Å². The SMILES string of the molecule is CN(Cc1cccnc1)C1CCC[C@@H]2CN(c3ncc(F)cn3)C[C@H]12.O=C(O)C(F)(F)F.O=C(O)C(F)(F)F.O=C(O)C(F)(F)F. The molecular formula is C25H27F10N5O6. The van der Waals surface area contributed by atoms with Crippen LogP contribution in [0.3, 0.4) is 0 Å². The van der Waals surface area contributed by atoms with Gasteiger partial charge < -0.3 is 20.2 Å². The third-order valence-electron chi connectivity index (χ3n) is 6.40. The molecule has 1 saturated heterocycles. The number of aliphatic carboxylic acids is 3. The van der Waals surface area contributed by atoms with Crippen LogP contribution in [0.2, 0.25) is 0 Å². The summed E-state index contributed by atoms with van der Waals surface area (Å²) in [5.41, 5.74) is 1.25. The molecule has 2 fully saturated rings. The van der Waals surface area contributed by atoms with Crippen LogP contribution in [0.4, 0.5) is 49.9 Å². The molecule has 3 N–H and O–H groups in total. The van der Waals surface area contributed by atoms with E-state index in [1.54, 1.807) is 0 Å². The number of hydrogen-bond donors (Lipinski definition) is 3. The van der Waals surface area contributed by atoms with Crippen LogP contribution in [-0.4, -0.2) is 97.8 Å². The maximum absolute atomic E-state index is 13.1. The van der Waals surface area contributed by atoms with Crippen molar-refractivity contribution in [2.75, 3.05) is 25.0 Å². The smallest absolute Gasteiger partial charge is 0.475 e. The summed E-state index contributed by atoms with van der Waals surface area (Å²) in [4.78, 5) is 44.0. The van der Waals surface area contributed by atoms with Gasteiger partial charge in [0.05, 0.1) is 12.4 Å². The van der Waals surface area contributed by atoms with Crippen LogP contribution in [-0.2, 0) is 20.9 Å². The van der Waals surface area contributed by atoms with Crippen molar-refractivity contribution in [3.05, 3.63) is 48.3 Å². The maximum Gasteiger partial charge on any atom is 0.490 e. The van der Waals surface area contributed by atoms with Gasteiger partial charge in [0.15, 0.2) is 5.82 Å². The van der Waals surface area contributed by atoms with E-state index in [1.807, 2.05) is 18.5 Å². The van der Waals surface area contributed by atoms with Gasteiger partial charge in [0.25, 0.3) is 0 Å². The minimum atomic E-state index is -5.08. The van der Waals surface area contributed by atoms with Crippen molar-refractivity contribution in [1.29, 1.82) is 0 Å². The van der Waals surface area contributed by atoms with Gasteiger partial charge in [-0.3, -0.25) is 9.88 Å². The summed E-state index contributed by atoms with van der Waals surface area (Å²) < 4.78 is 108. The molecule has 3 atom stereocenters. The van der Waals surface area contributed by atoms with Gasteiger partial charge in [-0.25, -0.2) is 28.7 Å². The first-order chi connectivity index (χ1) is 21.0. The highest BCUT2D eigenvalue weighted by atomic mass is 19.4. The van der Waals surface area contributed by atoms with Crippen LogP contribution < -0.4 is 4.90 Å². The summed E-state index contributed by atoms with van der Waals surface area (Å²) in [6.07, 6.45) is -5.20. The Hall–Kier alpha value is -4.30. The maximum atomic E-state index is 13.1. The van der Waals surface area contributed by atoms with Gasteiger partial charge in [0.2, 0.25) is 5.95 Å². The Morgan fingerprint density at radius 3 is 1.74 bits per heavy atom. The largest absolute Gasteiger partial charge is 0.490 e. The molecule has 0 radical (unpaired) electrons. The summed E-state index contributed by atoms with van der Waals surface area (Å²) in [5, 5.41) is 21.4. The second-order valence-corrected chi connectivity index (χ2v) is 9.71. The third-order valence-corrected chi connectivity index (χ3v) is 6.40. The molecule has 258 valence electrons. The molecule has 0 spiro atoms. The predicted molar refractivity (Wildman–Crippen MR) is 136 cm³/mol. The number of nitrogens with zero attached hydrogens (tertiary/aromatic N) is 5. The van der Waals surface area contributed by atoms with Crippen LogP contribution in [0.5, 0.6) is 0 Å². The molecule has 11 nitrogen and oxygen atoms in total. The highest BCUT2D eigenvalue weighted by molar-refractivity contribution is 5.73. The van der Waals surface area contributed by atoms with Gasteiger partial charge in [0.1, 0.15) is 0 Å². The summed E-state index contributed by atoms with van der Waals surface area (Å²) in [7, 11) is 2.22. The third kappa shape index (κ3) is 13.8. The number of aromatic nitrogens is 3. The first-order valence-electron chi connectivity index (χ1n) is 12.8. The van der Waals surface area contributed by atoms with E-state index < -0.39 is 36.4 Å². The minimum Gasteiger partial charge on any atom is -0.475 e. The molecule has 46 heavy (non-hydrogen) atoms. The van der Waals surface area contributed by atoms with E-state index in [0.29, 0.717) is 23.8 Å². The Kier molecular flexibility index (Phi) is 14.6. The first kappa shape index (κ1) is 39.7. The molecule has 2 aliphatic rings. The Morgan fingerprint density at radius 1 is 0.848 bits per heavy atom. The molecule has 1 aliphatic carbocycles. The standard InChI is InChI=1S/C19H24FN5.3C2HF3O2/c1-24(11-14-4-3-7-21-8-14)18-6-2-5-15-12-25(13-17(15)18)19-22-9-16(20)10-23-19;3*3-2(4,5)1(6)7/h3-4,7-10,15,17-18H,2,5-6,11-13H2,1H3;3*(H,6,7)/t15-,17+,18?;;;/m1.../s1. The van der Waals surface area contributed by atoms with Crippen LogP contribution in [0.1, 0.15) is 24.8 Å². The summed E-state index contributed by atoms with van der Waals surface area (Å²) in [6, 6.07) is 4.69. The number of alkyl halides is 9. The molecule has 1 unspecified atom stereocenters. The van der Waals surface area contributed by atoms with Crippen LogP contribution in [0.25, 0.3) is 0 Å². The number of rotatable bonds is 4. The zero-order valence-electron chi connectivity index (χ0n) is 23.5. The second kappa shape index (κ2) is 16.9. The molecular weight excluding hydrogens is 656 g/mol. The number of carbonyl (C=O) groups is 3. The average molecular weight is 684 g/mol. The predicted octanol–water partition coefficient (Wildman–Crippen LogP) is 4.65. The summed E-state index contributed by atoms with van der Waals surface area (Å²) in [5.74, 6) is -6.71. The van der Waals surface area contributed by atoms with Crippen molar-refractivity contribution in [1.82, 2.24) is 19.9 Å². The number of halogens is 10. The molecule has 4 rings (SSSR count). The number of anilines is 1. The number of fused-ring (bicyclic) bond motifs is 1. The fourth-order valence-electron chi connectivity index (χ4n) is 4.52. The number of pyridine rings is 1. The molecule has 2 aromatic rings. The zero-order valence-corrected chi connectivity index (χ0v) is 23.5. The lowest BCUT2D eigenvalue weighted by Crippen LogP contribution is -2.43. The monoisotopic (exact) mass is 683 g/mol. The van der Waals surface area contributed by atoms with E-state index >= 15 is 0 Å². The van der Waals surface area contributed by atoms with Gasteiger partial charge in [-0.15, -0.1) is 0 Å². The van der Waals surface area contributed by atoms with E-state index in [4.69, 9.17) is 29.7 Å². The molecule has 2 aromatic heterocycles. The van der Waals surface area contributed by atoms with Crippen LogP contribution >= 0.6 is 0 Å². The van der Waals surface area contributed by atoms with Crippen LogP contribution in [0.15, 0.2) is 36.9 Å². The topological polar surface area (TPSA) is 157 Å². The molecule has 3 heterocycles. The van der Waals surface area contributed by atoms with E-state index in [0.717, 1.165) is 19.6 Å². The van der Waals surface area contributed by atoms with Crippen molar-refractivity contribution in [2.24, 2.45) is 11.8 Å². The van der Waals surface area contributed by atoms with Gasteiger partial charge >= 0.3 is 36.4 Å². The zero-order chi connectivity index (χ0) is 35.5. The van der Waals surface area contributed by atoms with E-state index in [-0.39, 0.29) is 5.82 Å². The molecule has 1 aliphatic heterocycles. The van der Waals surface area contributed by atoms with E-state index in [9.17, 15) is 43.9 Å². The van der Waals surface area contributed by atoms with Crippen LogP contribution in [0, 0.1) is 17.7 Å². The van der Waals surface area contributed by atoms with Crippen molar-refractivity contribution >= 4 is 23.9 Å². The molecule has 0 bridgehead atoms. The molecule has 0 amide bonds. The number of carboxylic acids is 3. The highest BCUT2D eigenvalue weighted by Gasteiger charge is 2.43. The van der Waals surface area contributed by atoms with Crippen molar-refractivity contribution < 1.29 is 73.6 Å². The quantitative estimate of drug-likeness (QED) is 0.386. The fraction of sp³-hybridized carbons (Fsp3) is 0.520. The van der Waals surface area contributed by atoms with Crippen molar-refractivity contribution in [3.8, 4) is 0 Å². The molecule has 21 heteroatoms. The lowest BCUT2D eigenvalue weighted by molar-refractivity contribution is -0.193. The summed E-state index contributed by atoms with van der Waals surface area (Å²) in [6.45, 7) is 2.86. The van der Waals surface area contributed by atoms with Gasteiger partial charge in [-0.1, -0.05) is 12.5 Å². The Balaban J connectivity index is 0.000000413. The second-order valence-electron chi connectivity index (χ2n) is 9.71. The lowest BCUT2D eigenvalue weighted by atomic mass is 9.77. The van der Waals surface area contributed by atoms with E-state index in [2.05, 4.69) is 37.9 Å². The van der Waals surface area contributed by atoms with E-state index in [1.165, 1.54) is 37.2 Å². The van der Waals surface area contributed by atoms with Crippen molar-refractivity contribution in [2.45, 2.75) is 50.4 Å². The number of hydrogen-bond acceptors (Lipinski definition) is 8. The minimum absolute atomic E-state index is 0.380. The summed E-state index contributed by atoms with van der Waals surface area (Å²) >= 11 is 0. The van der Waals surface area contributed by atoms with Gasteiger partial charge in [-0.05, 0) is 43.4 Å². The normalized spacial score (nSPS) is 19.3.